The first-order chi connectivity index (χ1) is 15.5. The van der Waals surface area contributed by atoms with Gasteiger partial charge in [0.2, 0.25) is 11.8 Å². The van der Waals surface area contributed by atoms with E-state index in [0.29, 0.717) is 17.3 Å². The molecule has 32 heavy (non-hydrogen) atoms. The molecule has 0 radical (unpaired) electrons. The fourth-order valence-corrected chi connectivity index (χ4v) is 5.04. The summed E-state index contributed by atoms with van der Waals surface area (Å²) in [4.78, 5) is 31.6. The van der Waals surface area contributed by atoms with E-state index in [-0.39, 0.29) is 18.2 Å². The molecule has 160 valence electrons. The number of anilines is 2. The molecule has 1 aliphatic heterocycles. The van der Waals surface area contributed by atoms with Gasteiger partial charge in [0.25, 0.3) is 0 Å². The highest BCUT2D eigenvalue weighted by atomic mass is 35.5. The van der Waals surface area contributed by atoms with Crippen molar-refractivity contribution < 1.29 is 9.59 Å². The molecule has 1 fully saturated rings. The van der Waals surface area contributed by atoms with Crippen molar-refractivity contribution in [3.63, 3.8) is 0 Å². The van der Waals surface area contributed by atoms with Crippen LogP contribution in [-0.2, 0) is 9.59 Å². The molecule has 1 atom stereocenters. The van der Waals surface area contributed by atoms with E-state index in [2.05, 4.69) is 24.4 Å². The average molecular weight is 462 g/mol. The average Bonchev–Trinajstić information content (AvgIpc) is 3.38. The van der Waals surface area contributed by atoms with Crippen molar-refractivity contribution in [1.82, 2.24) is 4.98 Å². The highest BCUT2D eigenvalue weighted by Crippen LogP contribution is 2.32. The van der Waals surface area contributed by atoms with Gasteiger partial charge in [-0.05, 0) is 73.2 Å². The smallest absolute Gasteiger partial charge is 0.229 e. The Morgan fingerprint density at radius 1 is 1.09 bits per heavy atom. The molecule has 0 bridgehead atoms. The van der Waals surface area contributed by atoms with Gasteiger partial charge in [0.15, 0.2) is 0 Å². The van der Waals surface area contributed by atoms with Crippen LogP contribution >= 0.6 is 22.9 Å². The molecular weight excluding hydrogens is 442 g/mol. The molecule has 1 aliphatic rings. The number of thiazole rings is 1. The number of fused-ring (bicyclic) bond motifs is 1. The Morgan fingerprint density at radius 3 is 2.59 bits per heavy atom. The number of aryl methyl sites for hydroxylation is 1. The molecule has 0 spiro atoms. The Balaban J connectivity index is 1.26. The zero-order chi connectivity index (χ0) is 22.2. The van der Waals surface area contributed by atoms with E-state index in [1.165, 1.54) is 5.56 Å². The number of benzene rings is 3. The van der Waals surface area contributed by atoms with Crippen molar-refractivity contribution in [2.45, 2.75) is 13.3 Å². The number of nitrogens with zero attached hydrogens (tertiary/aromatic N) is 2. The second-order valence-electron chi connectivity index (χ2n) is 7.94. The Morgan fingerprint density at radius 2 is 1.84 bits per heavy atom. The van der Waals surface area contributed by atoms with Gasteiger partial charge in [0.1, 0.15) is 5.01 Å². The maximum atomic E-state index is 12.8. The number of halogens is 1. The molecule has 1 N–H and O–H groups in total. The summed E-state index contributed by atoms with van der Waals surface area (Å²) in [7, 11) is 0. The number of carbonyl (C=O) groups is 2. The van der Waals surface area contributed by atoms with Crippen LogP contribution in [0.15, 0.2) is 66.7 Å². The van der Waals surface area contributed by atoms with Gasteiger partial charge in [-0.1, -0.05) is 17.7 Å². The predicted octanol–water partition coefficient (Wildman–Crippen LogP) is 5.92. The minimum absolute atomic E-state index is 0.0612. The van der Waals surface area contributed by atoms with Gasteiger partial charge < -0.3 is 10.2 Å². The minimum atomic E-state index is -0.398. The summed E-state index contributed by atoms with van der Waals surface area (Å²) < 4.78 is 1.16. The Kier molecular flexibility index (Phi) is 5.41. The highest BCUT2D eigenvalue weighted by molar-refractivity contribution is 7.21. The molecule has 0 saturated carbocycles. The normalized spacial score (nSPS) is 16.0. The third kappa shape index (κ3) is 4.11. The van der Waals surface area contributed by atoms with Crippen LogP contribution in [-0.4, -0.2) is 23.3 Å². The zero-order valence-electron chi connectivity index (χ0n) is 17.3. The number of aromatic nitrogens is 1. The van der Waals surface area contributed by atoms with Crippen LogP contribution in [0.4, 0.5) is 11.4 Å². The van der Waals surface area contributed by atoms with Gasteiger partial charge in [-0.15, -0.1) is 11.3 Å². The largest absolute Gasteiger partial charge is 0.326 e. The molecule has 5 rings (SSSR count). The lowest BCUT2D eigenvalue weighted by Crippen LogP contribution is -2.28. The topological polar surface area (TPSA) is 62.3 Å². The van der Waals surface area contributed by atoms with Crippen molar-refractivity contribution in [1.29, 1.82) is 0 Å². The second-order valence-corrected chi connectivity index (χ2v) is 9.41. The summed E-state index contributed by atoms with van der Waals surface area (Å²) in [5.41, 5.74) is 4.67. The van der Waals surface area contributed by atoms with Crippen LogP contribution < -0.4 is 10.2 Å². The van der Waals surface area contributed by atoms with E-state index in [9.17, 15) is 9.59 Å². The van der Waals surface area contributed by atoms with E-state index < -0.39 is 5.92 Å². The molecule has 2 amide bonds. The van der Waals surface area contributed by atoms with E-state index >= 15 is 0 Å². The first-order valence-electron chi connectivity index (χ1n) is 10.3. The molecule has 2 heterocycles. The van der Waals surface area contributed by atoms with Gasteiger partial charge in [0, 0.05) is 34.9 Å². The standard InChI is InChI=1S/C25H20ClN3O2S/c1-15-2-11-21-22(12-15)32-25(28-21)16-3-7-19(8-4-16)27-24(31)17-13-23(30)29(14-17)20-9-5-18(26)6-10-20/h2-12,17H,13-14H2,1H3,(H,27,31). The highest BCUT2D eigenvalue weighted by Gasteiger charge is 2.35. The SMILES string of the molecule is Cc1ccc2nc(-c3ccc(NC(=O)C4CC(=O)N(c5ccc(Cl)cc5)C4)cc3)sc2c1. The lowest BCUT2D eigenvalue weighted by Gasteiger charge is -2.16. The van der Waals surface area contributed by atoms with Crippen LogP contribution in [0.25, 0.3) is 20.8 Å². The van der Waals surface area contributed by atoms with Crippen LogP contribution in [0, 0.1) is 12.8 Å². The van der Waals surface area contributed by atoms with Crippen LogP contribution in [0.1, 0.15) is 12.0 Å². The molecule has 3 aromatic carbocycles. The summed E-state index contributed by atoms with van der Waals surface area (Å²) in [6.45, 7) is 2.43. The quantitative estimate of drug-likeness (QED) is 0.410. The number of rotatable bonds is 4. The van der Waals surface area contributed by atoms with Crippen molar-refractivity contribution in [2.24, 2.45) is 5.92 Å². The lowest BCUT2D eigenvalue weighted by molar-refractivity contribution is -0.122. The lowest BCUT2D eigenvalue weighted by atomic mass is 10.1. The number of hydrogen-bond donors (Lipinski definition) is 1. The van der Waals surface area contributed by atoms with E-state index in [1.807, 2.05) is 30.3 Å². The second kappa shape index (κ2) is 8.37. The van der Waals surface area contributed by atoms with Gasteiger partial charge in [0.05, 0.1) is 16.1 Å². The summed E-state index contributed by atoms with van der Waals surface area (Å²) in [6.07, 6.45) is 0.192. The van der Waals surface area contributed by atoms with E-state index in [1.54, 1.807) is 40.5 Å². The van der Waals surface area contributed by atoms with Crippen molar-refractivity contribution in [3.8, 4) is 10.6 Å². The first-order valence-corrected chi connectivity index (χ1v) is 11.5. The zero-order valence-corrected chi connectivity index (χ0v) is 18.9. The summed E-state index contributed by atoms with van der Waals surface area (Å²) in [5.74, 6) is -0.614. The maximum Gasteiger partial charge on any atom is 0.229 e. The molecule has 1 unspecified atom stereocenters. The third-order valence-corrected chi connectivity index (χ3v) is 6.90. The molecule has 4 aromatic rings. The number of nitrogens with one attached hydrogen (secondary N) is 1. The fourth-order valence-electron chi connectivity index (χ4n) is 3.85. The van der Waals surface area contributed by atoms with Gasteiger partial charge >= 0.3 is 0 Å². The molecule has 0 aliphatic carbocycles. The number of hydrogen-bond acceptors (Lipinski definition) is 4. The van der Waals surface area contributed by atoms with Crippen LogP contribution in [0.2, 0.25) is 5.02 Å². The Bertz CT molecular complexity index is 1320. The molecule has 7 heteroatoms. The predicted molar refractivity (Wildman–Crippen MR) is 130 cm³/mol. The molecule has 5 nitrogen and oxygen atoms in total. The first kappa shape index (κ1) is 20.7. The maximum absolute atomic E-state index is 12.8. The molecule has 1 saturated heterocycles. The summed E-state index contributed by atoms with van der Waals surface area (Å²) in [5, 5.41) is 4.50. The van der Waals surface area contributed by atoms with E-state index in [4.69, 9.17) is 16.6 Å². The summed E-state index contributed by atoms with van der Waals surface area (Å²) in [6, 6.07) is 21.0. The Hall–Kier alpha value is -3.22. The van der Waals surface area contributed by atoms with Crippen LogP contribution in [0.5, 0.6) is 0 Å². The number of amides is 2. The van der Waals surface area contributed by atoms with E-state index in [0.717, 1.165) is 26.5 Å². The monoisotopic (exact) mass is 461 g/mol. The van der Waals surface area contributed by atoms with Gasteiger partial charge in [-0.3, -0.25) is 9.59 Å². The minimum Gasteiger partial charge on any atom is -0.326 e. The van der Waals surface area contributed by atoms with Gasteiger partial charge in [-0.2, -0.15) is 0 Å². The van der Waals surface area contributed by atoms with Crippen molar-refractivity contribution in [2.75, 3.05) is 16.8 Å². The molecule has 1 aromatic heterocycles. The summed E-state index contributed by atoms with van der Waals surface area (Å²) >= 11 is 7.58. The van der Waals surface area contributed by atoms with Gasteiger partial charge in [-0.25, -0.2) is 4.98 Å². The third-order valence-electron chi connectivity index (χ3n) is 5.58. The number of carbonyl (C=O) groups excluding carboxylic acids is 2. The van der Waals surface area contributed by atoms with Crippen molar-refractivity contribution >= 4 is 56.3 Å². The van der Waals surface area contributed by atoms with Crippen molar-refractivity contribution in [3.05, 3.63) is 77.3 Å². The molecular formula is C25H20ClN3O2S. The fraction of sp³-hybridized carbons (Fsp3) is 0.160. The Labute approximate surface area is 194 Å². The van der Waals surface area contributed by atoms with Crippen LogP contribution in [0.3, 0.4) is 0 Å².